The van der Waals surface area contributed by atoms with Crippen LogP contribution in [-0.4, -0.2) is 41.8 Å². The van der Waals surface area contributed by atoms with E-state index in [4.69, 9.17) is 14.0 Å². The van der Waals surface area contributed by atoms with Crippen LogP contribution in [-0.2, 0) is 24.2 Å². The molecule has 2 aliphatic rings. The maximum absolute atomic E-state index is 12.9. The lowest BCUT2D eigenvalue weighted by Crippen LogP contribution is -2.38. The normalized spacial score (nSPS) is 18.4. The van der Waals surface area contributed by atoms with Crippen molar-refractivity contribution in [3.05, 3.63) is 46.8 Å². The second kappa shape index (κ2) is 9.44. The van der Waals surface area contributed by atoms with Crippen molar-refractivity contribution in [1.82, 2.24) is 10.1 Å². The van der Waals surface area contributed by atoms with E-state index in [1.165, 1.54) is 24.0 Å². The summed E-state index contributed by atoms with van der Waals surface area (Å²) in [6, 6.07) is 7.99. The van der Waals surface area contributed by atoms with Crippen LogP contribution in [0.4, 0.5) is 0 Å². The van der Waals surface area contributed by atoms with Gasteiger partial charge in [-0.05, 0) is 68.2 Å². The van der Waals surface area contributed by atoms with E-state index in [0.29, 0.717) is 24.5 Å². The Hall–Kier alpha value is -2.34. The van der Waals surface area contributed by atoms with Crippen molar-refractivity contribution < 1.29 is 18.8 Å². The molecule has 0 N–H and O–H groups in total. The summed E-state index contributed by atoms with van der Waals surface area (Å²) in [6.45, 7) is 4.41. The van der Waals surface area contributed by atoms with Gasteiger partial charge in [-0.25, -0.2) is 0 Å². The summed E-state index contributed by atoms with van der Waals surface area (Å²) < 4.78 is 16.9. The maximum atomic E-state index is 12.9. The number of fused-ring (bicyclic) bond motifs is 1. The van der Waals surface area contributed by atoms with Crippen LogP contribution < -0.4 is 4.74 Å². The van der Waals surface area contributed by atoms with Crippen LogP contribution in [0.5, 0.6) is 5.75 Å². The number of carbonyl (C=O) groups is 1. The second-order valence-electron chi connectivity index (χ2n) is 7.99. The monoisotopic (exact) mass is 398 g/mol. The van der Waals surface area contributed by atoms with Crippen LogP contribution in [0.3, 0.4) is 0 Å². The van der Waals surface area contributed by atoms with Crippen LogP contribution in [0.25, 0.3) is 0 Å². The Bertz CT molecular complexity index is 826. The van der Waals surface area contributed by atoms with Gasteiger partial charge in [0, 0.05) is 25.8 Å². The highest BCUT2D eigenvalue weighted by atomic mass is 16.5. The van der Waals surface area contributed by atoms with E-state index in [9.17, 15) is 4.79 Å². The number of benzene rings is 1. The minimum Gasteiger partial charge on any atom is -0.486 e. The van der Waals surface area contributed by atoms with E-state index in [2.05, 4.69) is 24.2 Å². The van der Waals surface area contributed by atoms with Crippen LogP contribution in [0.1, 0.15) is 66.4 Å². The highest BCUT2D eigenvalue weighted by Gasteiger charge is 2.25. The van der Waals surface area contributed by atoms with Crippen molar-refractivity contribution in [2.24, 2.45) is 0 Å². The molecule has 0 radical (unpaired) electrons. The standard InChI is InChI=1S/C23H30N2O4/c1-2-11-25(15-20-8-5-12-27-20)23(26)22-14-21(29-24-22)16-28-19-10-9-17-6-3-4-7-18(17)13-19/h9-10,13-14,20H,2-8,11-12,15-16H2,1H3/t20-/m0/s1. The molecule has 6 nitrogen and oxygen atoms in total. The molecule has 0 unspecified atom stereocenters. The predicted octanol–water partition coefficient (Wildman–Crippen LogP) is 4.16. The Kier molecular flexibility index (Phi) is 6.49. The number of aryl methyl sites for hydroxylation is 2. The molecule has 1 aromatic carbocycles. The molecular formula is C23H30N2O4. The lowest BCUT2D eigenvalue weighted by atomic mass is 9.92. The van der Waals surface area contributed by atoms with E-state index in [1.807, 2.05) is 11.0 Å². The molecule has 29 heavy (non-hydrogen) atoms. The molecule has 1 saturated heterocycles. The van der Waals surface area contributed by atoms with Gasteiger partial charge in [-0.1, -0.05) is 18.1 Å². The number of carbonyl (C=O) groups excluding carboxylic acids is 1. The first kappa shape index (κ1) is 20.0. The third-order valence-electron chi connectivity index (χ3n) is 5.71. The molecule has 0 bridgehead atoms. The zero-order valence-electron chi connectivity index (χ0n) is 17.2. The van der Waals surface area contributed by atoms with Gasteiger partial charge in [0.05, 0.1) is 6.10 Å². The van der Waals surface area contributed by atoms with E-state index in [1.54, 1.807) is 6.07 Å². The molecule has 1 atom stereocenters. The molecule has 2 heterocycles. The Morgan fingerprint density at radius 3 is 2.86 bits per heavy atom. The third kappa shape index (κ3) is 4.99. The fourth-order valence-electron chi connectivity index (χ4n) is 4.18. The molecule has 1 aromatic heterocycles. The maximum Gasteiger partial charge on any atom is 0.276 e. The highest BCUT2D eigenvalue weighted by Crippen LogP contribution is 2.26. The number of rotatable bonds is 8. The van der Waals surface area contributed by atoms with Gasteiger partial charge < -0.3 is 18.9 Å². The van der Waals surface area contributed by atoms with E-state index >= 15 is 0 Å². The Morgan fingerprint density at radius 1 is 1.21 bits per heavy atom. The molecule has 6 heteroatoms. The lowest BCUT2D eigenvalue weighted by molar-refractivity contribution is 0.0518. The zero-order valence-corrected chi connectivity index (χ0v) is 17.2. The minimum atomic E-state index is -0.105. The average molecular weight is 399 g/mol. The number of aromatic nitrogens is 1. The van der Waals surface area contributed by atoms with Gasteiger partial charge in [0.15, 0.2) is 11.5 Å². The fraction of sp³-hybridized carbons (Fsp3) is 0.565. The zero-order chi connectivity index (χ0) is 20.1. The SMILES string of the molecule is CCCN(C[C@@H]1CCCO1)C(=O)c1cc(COc2ccc3c(c2)CCCC3)on1. The van der Waals surface area contributed by atoms with Gasteiger partial charge in [-0.15, -0.1) is 0 Å². The first-order chi connectivity index (χ1) is 14.2. The summed E-state index contributed by atoms with van der Waals surface area (Å²) in [4.78, 5) is 14.7. The van der Waals surface area contributed by atoms with Gasteiger partial charge in [0.1, 0.15) is 12.4 Å². The fourth-order valence-corrected chi connectivity index (χ4v) is 4.18. The van der Waals surface area contributed by atoms with Gasteiger partial charge in [-0.3, -0.25) is 4.79 Å². The van der Waals surface area contributed by atoms with Crippen LogP contribution in [0, 0.1) is 0 Å². The molecule has 4 rings (SSSR count). The Morgan fingerprint density at radius 2 is 2.07 bits per heavy atom. The van der Waals surface area contributed by atoms with Crippen LogP contribution in [0.2, 0.25) is 0 Å². The molecule has 156 valence electrons. The average Bonchev–Trinajstić information content (AvgIpc) is 3.43. The first-order valence-corrected chi connectivity index (χ1v) is 10.8. The van der Waals surface area contributed by atoms with Gasteiger partial charge >= 0.3 is 0 Å². The molecule has 0 saturated carbocycles. The van der Waals surface area contributed by atoms with Crippen LogP contribution >= 0.6 is 0 Å². The van der Waals surface area contributed by atoms with Gasteiger partial charge in [0.2, 0.25) is 0 Å². The molecular weight excluding hydrogens is 368 g/mol. The largest absolute Gasteiger partial charge is 0.486 e. The Balaban J connectivity index is 1.36. The highest BCUT2D eigenvalue weighted by molar-refractivity contribution is 5.92. The van der Waals surface area contributed by atoms with Crippen molar-refractivity contribution in [2.75, 3.05) is 19.7 Å². The second-order valence-corrected chi connectivity index (χ2v) is 7.99. The number of amides is 1. The van der Waals surface area contributed by atoms with Crippen molar-refractivity contribution in [3.63, 3.8) is 0 Å². The quantitative estimate of drug-likeness (QED) is 0.668. The van der Waals surface area contributed by atoms with E-state index in [0.717, 1.165) is 44.5 Å². The smallest absolute Gasteiger partial charge is 0.276 e. The summed E-state index contributed by atoms with van der Waals surface area (Å²) in [5.74, 6) is 1.28. The predicted molar refractivity (Wildman–Crippen MR) is 109 cm³/mol. The number of hydrogen-bond donors (Lipinski definition) is 0. The van der Waals surface area contributed by atoms with Crippen molar-refractivity contribution in [2.45, 2.75) is 64.6 Å². The first-order valence-electron chi connectivity index (χ1n) is 10.8. The summed E-state index contributed by atoms with van der Waals surface area (Å²) in [6.07, 6.45) is 7.87. The van der Waals surface area contributed by atoms with Crippen LogP contribution in [0.15, 0.2) is 28.8 Å². The minimum absolute atomic E-state index is 0.105. The molecule has 1 aliphatic carbocycles. The molecule has 1 aliphatic heterocycles. The van der Waals surface area contributed by atoms with Gasteiger partial charge in [0.25, 0.3) is 5.91 Å². The third-order valence-corrected chi connectivity index (χ3v) is 5.71. The number of nitrogens with zero attached hydrogens (tertiary/aromatic N) is 2. The number of hydrogen-bond acceptors (Lipinski definition) is 5. The lowest BCUT2D eigenvalue weighted by Gasteiger charge is -2.24. The molecule has 2 aromatic rings. The van der Waals surface area contributed by atoms with Crippen molar-refractivity contribution >= 4 is 5.91 Å². The summed E-state index contributed by atoms with van der Waals surface area (Å²) in [7, 11) is 0. The summed E-state index contributed by atoms with van der Waals surface area (Å²) in [5, 5.41) is 3.99. The molecule has 1 amide bonds. The topological polar surface area (TPSA) is 64.8 Å². The van der Waals surface area contributed by atoms with Crippen molar-refractivity contribution in [3.8, 4) is 5.75 Å². The van der Waals surface area contributed by atoms with Crippen molar-refractivity contribution in [1.29, 1.82) is 0 Å². The number of ether oxygens (including phenoxy) is 2. The summed E-state index contributed by atoms with van der Waals surface area (Å²) >= 11 is 0. The molecule has 1 fully saturated rings. The van der Waals surface area contributed by atoms with E-state index < -0.39 is 0 Å². The van der Waals surface area contributed by atoms with E-state index in [-0.39, 0.29) is 18.6 Å². The molecule has 0 spiro atoms. The van der Waals surface area contributed by atoms with Gasteiger partial charge in [-0.2, -0.15) is 0 Å². The Labute approximate surface area is 172 Å². The summed E-state index contributed by atoms with van der Waals surface area (Å²) in [5.41, 5.74) is 3.14.